The smallest absolute Gasteiger partial charge is 0.255 e. The quantitative estimate of drug-likeness (QED) is 0.147. The summed E-state index contributed by atoms with van der Waals surface area (Å²) in [6.45, 7) is 14.5. The van der Waals surface area contributed by atoms with Crippen molar-refractivity contribution in [3.63, 3.8) is 0 Å². The molecule has 1 heterocycles. The van der Waals surface area contributed by atoms with Gasteiger partial charge in [-0.2, -0.15) is 0 Å². The van der Waals surface area contributed by atoms with Gasteiger partial charge in [0.25, 0.3) is 5.91 Å². The number of halogens is 2. The van der Waals surface area contributed by atoms with Crippen LogP contribution in [0, 0.1) is 12.7 Å². The van der Waals surface area contributed by atoms with Crippen LogP contribution in [0.2, 0.25) is 5.02 Å². The number of likely N-dealkylation sites (tertiary alicyclic amines) is 1. The average Bonchev–Trinajstić information content (AvgIpc) is 3.91. The van der Waals surface area contributed by atoms with Gasteiger partial charge in [-0.05, 0) is 102 Å². The number of aryl methyl sites for hydroxylation is 1. The maximum absolute atomic E-state index is 14.8. The number of nitrogens with one attached hydrogen (secondary N) is 1. The molecule has 2 atom stereocenters. The van der Waals surface area contributed by atoms with Gasteiger partial charge in [0.1, 0.15) is 16.8 Å². The zero-order chi connectivity index (χ0) is 35.8. The van der Waals surface area contributed by atoms with E-state index in [2.05, 4.69) is 98.7 Å². The van der Waals surface area contributed by atoms with Crippen LogP contribution in [-0.4, -0.2) is 57.8 Å². The summed E-state index contributed by atoms with van der Waals surface area (Å²) in [6.07, 6.45) is 19.1. The van der Waals surface area contributed by atoms with Gasteiger partial charge in [-0.3, -0.25) is 9.79 Å². The molecule has 1 saturated heterocycles. The van der Waals surface area contributed by atoms with E-state index in [1.807, 2.05) is 0 Å². The van der Waals surface area contributed by atoms with Crippen LogP contribution < -0.4 is 4.72 Å². The fourth-order valence-electron chi connectivity index (χ4n) is 7.17. The van der Waals surface area contributed by atoms with E-state index >= 15 is 0 Å². The Labute approximate surface area is 305 Å². The summed E-state index contributed by atoms with van der Waals surface area (Å²) in [7, 11) is -1.74. The summed E-state index contributed by atoms with van der Waals surface area (Å²) in [5.74, 6) is -0.933. The molecule has 1 N–H and O–H groups in total. The molecule has 0 spiro atoms. The summed E-state index contributed by atoms with van der Waals surface area (Å²) < 4.78 is 30.5. The van der Waals surface area contributed by atoms with Crippen molar-refractivity contribution >= 4 is 34.7 Å². The molecule has 1 aliphatic heterocycles. The zero-order valence-electron chi connectivity index (χ0n) is 30.0. The Hall–Kier alpha value is -3.33. The van der Waals surface area contributed by atoms with Crippen LogP contribution >= 0.6 is 11.6 Å². The highest BCUT2D eigenvalue weighted by atomic mass is 35.5. The normalized spacial score (nSPS) is 19.0. The minimum absolute atomic E-state index is 0.0324. The topological polar surface area (TPSA) is 65.0 Å². The summed E-state index contributed by atoms with van der Waals surface area (Å²) in [6, 6.07) is 11.5. The van der Waals surface area contributed by atoms with Gasteiger partial charge in [-0.15, -0.1) is 0 Å². The number of hydrogen-bond donors (Lipinski definition) is 1. The molecular formula is C41H52ClFN4O2S. The van der Waals surface area contributed by atoms with Crippen molar-refractivity contribution in [1.82, 2.24) is 14.5 Å². The van der Waals surface area contributed by atoms with Crippen LogP contribution in [0.15, 0.2) is 94.1 Å². The Bertz CT molecular complexity index is 1700. The first-order chi connectivity index (χ1) is 24.0. The SMILES string of the molecule is C=C(C)N(C1=CCCC=C1C)[C@@H](CC=NCCC1(c2cccc(C)c2)CCN(C(=O)c2cc(S(=O)NC3CC3)c(F)cc2Cl)CC1)C/C=C\C. The largest absolute Gasteiger partial charge is 0.342 e. The van der Waals surface area contributed by atoms with Crippen molar-refractivity contribution in [2.75, 3.05) is 19.6 Å². The second-order valence-corrected chi connectivity index (χ2v) is 15.7. The van der Waals surface area contributed by atoms with Crippen molar-refractivity contribution in [3.05, 3.63) is 112 Å². The van der Waals surface area contributed by atoms with Gasteiger partial charge < -0.3 is 9.80 Å². The van der Waals surface area contributed by atoms with E-state index in [1.165, 1.54) is 28.5 Å². The average molecular weight is 719 g/mol. The van der Waals surface area contributed by atoms with Gasteiger partial charge >= 0.3 is 0 Å². The highest BCUT2D eigenvalue weighted by Crippen LogP contribution is 2.40. The van der Waals surface area contributed by atoms with E-state index in [9.17, 15) is 13.4 Å². The monoisotopic (exact) mass is 718 g/mol. The molecule has 3 aliphatic rings. The van der Waals surface area contributed by atoms with Crippen LogP contribution in [0.25, 0.3) is 0 Å². The maximum atomic E-state index is 14.8. The predicted molar refractivity (Wildman–Crippen MR) is 206 cm³/mol. The molecular weight excluding hydrogens is 667 g/mol. The number of aliphatic imine (C=N–C) groups is 1. The molecule has 5 rings (SSSR count). The molecule has 0 aromatic heterocycles. The van der Waals surface area contributed by atoms with Crippen LogP contribution in [-0.2, 0) is 16.4 Å². The van der Waals surface area contributed by atoms with E-state index in [0.29, 0.717) is 19.6 Å². The number of piperidine rings is 1. The number of carbonyl (C=O) groups excluding carboxylic acids is 1. The number of hydrogen-bond acceptors (Lipinski definition) is 4. The number of allylic oxidation sites excluding steroid dienone is 5. The number of rotatable bonds is 15. The highest BCUT2D eigenvalue weighted by Gasteiger charge is 2.38. The molecule has 50 heavy (non-hydrogen) atoms. The van der Waals surface area contributed by atoms with Gasteiger partial charge in [-0.25, -0.2) is 13.3 Å². The summed E-state index contributed by atoms with van der Waals surface area (Å²) in [4.78, 5) is 22.9. The Balaban J connectivity index is 1.28. The third kappa shape index (κ3) is 9.31. The zero-order valence-corrected chi connectivity index (χ0v) is 31.6. The number of carbonyl (C=O) groups is 1. The molecule has 6 nitrogen and oxygen atoms in total. The molecule has 0 radical (unpaired) electrons. The predicted octanol–water partition coefficient (Wildman–Crippen LogP) is 9.38. The molecule has 0 bridgehead atoms. The van der Waals surface area contributed by atoms with Gasteiger partial charge in [0.2, 0.25) is 0 Å². The molecule has 268 valence electrons. The number of nitrogens with zero attached hydrogens (tertiary/aromatic N) is 3. The first-order valence-corrected chi connectivity index (χ1v) is 19.5. The fourth-order valence-corrected chi connectivity index (χ4v) is 8.53. The van der Waals surface area contributed by atoms with E-state index in [0.717, 1.165) is 69.6 Å². The van der Waals surface area contributed by atoms with Crippen molar-refractivity contribution in [3.8, 4) is 0 Å². The summed E-state index contributed by atoms with van der Waals surface area (Å²) >= 11 is 6.40. The van der Waals surface area contributed by atoms with Crippen molar-refractivity contribution in [2.45, 2.75) is 108 Å². The van der Waals surface area contributed by atoms with Gasteiger partial charge in [-0.1, -0.05) is 72.3 Å². The van der Waals surface area contributed by atoms with E-state index in [1.54, 1.807) is 4.90 Å². The molecule has 2 aromatic carbocycles. The Morgan fingerprint density at radius 1 is 1.18 bits per heavy atom. The maximum Gasteiger partial charge on any atom is 0.255 e. The molecule has 1 saturated carbocycles. The van der Waals surface area contributed by atoms with Crippen molar-refractivity contribution < 1.29 is 13.4 Å². The van der Waals surface area contributed by atoms with Crippen LogP contribution in [0.3, 0.4) is 0 Å². The van der Waals surface area contributed by atoms with Crippen LogP contribution in [0.4, 0.5) is 4.39 Å². The van der Waals surface area contributed by atoms with E-state index in [-0.39, 0.29) is 38.9 Å². The van der Waals surface area contributed by atoms with Crippen LogP contribution in [0.5, 0.6) is 0 Å². The second-order valence-electron chi connectivity index (χ2n) is 14.1. The second kappa shape index (κ2) is 17.3. The minimum Gasteiger partial charge on any atom is -0.342 e. The van der Waals surface area contributed by atoms with E-state index in [4.69, 9.17) is 16.6 Å². The van der Waals surface area contributed by atoms with Crippen molar-refractivity contribution in [2.24, 2.45) is 4.99 Å². The molecule has 2 fully saturated rings. The summed E-state index contributed by atoms with van der Waals surface area (Å²) in [5.41, 5.74) is 6.12. The molecule has 1 amide bonds. The highest BCUT2D eigenvalue weighted by molar-refractivity contribution is 7.83. The standard InChI is InChI=1S/C41H52ClFN4O2S/c1-6-7-14-34(47(29(2)3)38-15-9-8-12-31(38)5)18-22-44-23-19-41(32-13-10-11-30(4)26-32)20-24-46(25-21-41)40(48)35-27-39(37(43)28-36(35)42)50(49)45-33-16-17-33/h6-7,10-13,15,22,26-28,33-34,45H,2,8-9,14,16-21,23-25H2,1,3-5H3/b7-6-,44-22?/t34-,50?/m1/s1. The number of benzene rings is 2. The molecule has 2 aliphatic carbocycles. The fraction of sp³-hybridized carbons (Fsp3) is 0.463. The van der Waals surface area contributed by atoms with Crippen molar-refractivity contribution in [1.29, 1.82) is 0 Å². The Morgan fingerprint density at radius 3 is 2.58 bits per heavy atom. The minimum atomic E-state index is -1.74. The number of amides is 1. The third-order valence-electron chi connectivity index (χ3n) is 10.2. The molecule has 9 heteroatoms. The summed E-state index contributed by atoms with van der Waals surface area (Å²) in [5, 5.41) is 0.0356. The lowest BCUT2D eigenvalue weighted by Gasteiger charge is -2.42. The van der Waals surface area contributed by atoms with Gasteiger partial charge in [0, 0.05) is 61.2 Å². The Kier molecular flexibility index (Phi) is 13.1. The van der Waals surface area contributed by atoms with Gasteiger partial charge in [0.05, 0.1) is 15.5 Å². The van der Waals surface area contributed by atoms with Gasteiger partial charge in [0.15, 0.2) is 0 Å². The third-order valence-corrected chi connectivity index (χ3v) is 11.8. The lowest BCUT2D eigenvalue weighted by atomic mass is 9.70. The molecule has 2 aromatic rings. The lowest BCUT2D eigenvalue weighted by molar-refractivity contribution is 0.0660. The van der Waals surface area contributed by atoms with Crippen LogP contribution in [0.1, 0.15) is 100 Å². The first kappa shape index (κ1) is 37.9. The first-order valence-electron chi connectivity index (χ1n) is 18.0. The molecule has 1 unspecified atom stereocenters. The lowest BCUT2D eigenvalue weighted by Crippen LogP contribution is -2.45. The van der Waals surface area contributed by atoms with E-state index < -0.39 is 16.8 Å². The Morgan fingerprint density at radius 2 is 1.92 bits per heavy atom.